The Bertz CT molecular complexity index is 1180. The number of amides is 2. The van der Waals surface area contributed by atoms with Crippen molar-refractivity contribution in [2.45, 2.75) is 6.92 Å². The summed E-state index contributed by atoms with van der Waals surface area (Å²) in [6, 6.07) is 18.9. The van der Waals surface area contributed by atoms with E-state index in [1.165, 1.54) is 24.3 Å². The molecule has 8 nitrogen and oxygen atoms in total. The third kappa shape index (κ3) is 5.52. The molecule has 0 spiro atoms. The van der Waals surface area contributed by atoms with E-state index in [0.29, 0.717) is 27.5 Å². The Labute approximate surface area is 182 Å². The van der Waals surface area contributed by atoms with E-state index in [9.17, 15) is 19.7 Å². The highest BCUT2D eigenvalue weighted by Gasteiger charge is 2.11. The monoisotopic (exact) mass is 436 g/mol. The highest BCUT2D eigenvalue weighted by atomic mass is 35.5. The van der Waals surface area contributed by atoms with E-state index < -0.39 is 10.8 Å². The third-order valence-corrected chi connectivity index (χ3v) is 4.65. The zero-order valence-electron chi connectivity index (χ0n) is 16.3. The van der Waals surface area contributed by atoms with Crippen molar-refractivity contribution in [2.75, 3.05) is 5.32 Å². The van der Waals surface area contributed by atoms with Gasteiger partial charge in [0.05, 0.1) is 21.2 Å². The van der Waals surface area contributed by atoms with Crippen molar-refractivity contribution < 1.29 is 14.5 Å². The molecule has 0 aliphatic heterocycles. The number of halogens is 1. The van der Waals surface area contributed by atoms with Gasteiger partial charge in [-0.1, -0.05) is 35.9 Å². The predicted octanol–water partition coefficient (Wildman–Crippen LogP) is 4.65. The van der Waals surface area contributed by atoms with Gasteiger partial charge in [-0.2, -0.15) is 5.10 Å². The molecule has 0 saturated carbocycles. The fourth-order valence-corrected chi connectivity index (χ4v) is 2.89. The highest BCUT2D eigenvalue weighted by molar-refractivity contribution is 6.34. The average Bonchev–Trinajstić information content (AvgIpc) is 2.77. The van der Waals surface area contributed by atoms with Crippen LogP contribution in [0.2, 0.25) is 5.02 Å². The van der Waals surface area contributed by atoms with Crippen LogP contribution in [-0.2, 0) is 0 Å². The minimum absolute atomic E-state index is 0.105. The first-order chi connectivity index (χ1) is 14.8. The zero-order chi connectivity index (χ0) is 22.4. The highest BCUT2D eigenvalue weighted by Crippen LogP contribution is 2.18. The third-order valence-electron chi connectivity index (χ3n) is 4.32. The smallest absolute Gasteiger partial charge is 0.271 e. The SMILES string of the molecule is C/C(=N/NC(=O)c1ccc([N+](=O)[O-])cc1)c1cccc(NC(=O)c2ccccc2Cl)c1. The minimum Gasteiger partial charge on any atom is -0.322 e. The number of carbonyl (C=O) groups is 2. The first-order valence-corrected chi connectivity index (χ1v) is 9.48. The number of hydrogen-bond donors (Lipinski definition) is 2. The van der Waals surface area contributed by atoms with E-state index in [1.54, 1.807) is 55.5 Å². The van der Waals surface area contributed by atoms with Crippen molar-refractivity contribution in [3.05, 3.63) is 105 Å². The number of nitrogens with zero attached hydrogens (tertiary/aromatic N) is 2. The van der Waals surface area contributed by atoms with Gasteiger partial charge in [-0.15, -0.1) is 0 Å². The average molecular weight is 437 g/mol. The molecule has 0 atom stereocenters. The maximum atomic E-state index is 12.4. The number of nitrogens with one attached hydrogen (secondary N) is 2. The van der Waals surface area contributed by atoms with Gasteiger partial charge < -0.3 is 5.32 Å². The van der Waals surface area contributed by atoms with Crippen molar-refractivity contribution >= 4 is 40.5 Å². The van der Waals surface area contributed by atoms with Crippen LogP contribution in [0.5, 0.6) is 0 Å². The minimum atomic E-state index is -0.540. The summed E-state index contributed by atoms with van der Waals surface area (Å²) < 4.78 is 0. The topological polar surface area (TPSA) is 114 Å². The normalized spacial score (nSPS) is 11.0. The summed E-state index contributed by atoms with van der Waals surface area (Å²) in [6.45, 7) is 1.70. The summed E-state index contributed by atoms with van der Waals surface area (Å²) in [6.07, 6.45) is 0. The number of hydrogen-bond acceptors (Lipinski definition) is 5. The van der Waals surface area contributed by atoms with Gasteiger partial charge >= 0.3 is 0 Å². The number of nitro benzene ring substituents is 1. The lowest BCUT2D eigenvalue weighted by atomic mass is 10.1. The molecular formula is C22H17ClN4O4. The first-order valence-electron chi connectivity index (χ1n) is 9.10. The Balaban J connectivity index is 1.69. The number of carbonyl (C=O) groups excluding carboxylic acids is 2. The molecule has 3 rings (SSSR count). The Hall–Kier alpha value is -4.04. The molecule has 0 aliphatic rings. The van der Waals surface area contributed by atoms with Crippen LogP contribution in [0.4, 0.5) is 11.4 Å². The lowest BCUT2D eigenvalue weighted by Crippen LogP contribution is -2.19. The van der Waals surface area contributed by atoms with Crippen LogP contribution in [-0.4, -0.2) is 22.4 Å². The second kappa shape index (κ2) is 9.64. The van der Waals surface area contributed by atoms with Gasteiger partial charge in [0, 0.05) is 23.4 Å². The van der Waals surface area contributed by atoms with Gasteiger partial charge in [0.1, 0.15) is 0 Å². The van der Waals surface area contributed by atoms with Crippen molar-refractivity contribution in [1.82, 2.24) is 5.43 Å². The van der Waals surface area contributed by atoms with Crippen LogP contribution < -0.4 is 10.7 Å². The fourth-order valence-electron chi connectivity index (χ4n) is 2.66. The molecular weight excluding hydrogens is 420 g/mol. The van der Waals surface area contributed by atoms with E-state index in [2.05, 4.69) is 15.8 Å². The first kappa shape index (κ1) is 21.7. The summed E-state index contributed by atoms with van der Waals surface area (Å²) in [4.78, 5) is 34.8. The Morgan fingerprint density at radius 2 is 1.65 bits per heavy atom. The maximum absolute atomic E-state index is 12.4. The molecule has 0 saturated heterocycles. The Kier molecular flexibility index (Phi) is 6.74. The molecule has 156 valence electrons. The van der Waals surface area contributed by atoms with Gasteiger partial charge in [0.15, 0.2) is 0 Å². The van der Waals surface area contributed by atoms with Gasteiger partial charge in [0.25, 0.3) is 17.5 Å². The number of benzene rings is 3. The molecule has 0 fully saturated rings. The summed E-state index contributed by atoms with van der Waals surface area (Å²) in [5, 5.41) is 17.9. The van der Waals surface area contributed by atoms with E-state index >= 15 is 0 Å². The van der Waals surface area contributed by atoms with Crippen LogP contribution in [0.25, 0.3) is 0 Å². The van der Waals surface area contributed by atoms with E-state index in [4.69, 9.17) is 11.6 Å². The quantitative estimate of drug-likeness (QED) is 0.332. The van der Waals surface area contributed by atoms with Gasteiger partial charge in [-0.25, -0.2) is 5.43 Å². The fraction of sp³-hybridized carbons (Fsp3) is 0.0455. The number of hydrazone groups is 1. The maximum Gasteiger partial charge on any atom is 0.271 e. The molecule has 0 radical (unpaired) electrons. The van der Waals surface area contributed by atoms with Crippen LogP contribution in [0.1, 0.15) is 33.2 Å². The lowest BCUT2D eigenvalue weighted by molar-refractivity contribution is -0.384. The summed E-state index contributed by atoms with van der Waals surface area (Å²) in [5.74, 6) is -0.846. The van der Waals surface area contributed by atoms with Crippen LogP contribution in [0.3, 0.4) is 0 Å². The molecule has 3 aromatic carbocycles. The van der Waals surface area contributed by atoms with Crippen molar-refractivity contribution in [1.29, 1.82) is 0 Å². The Morgan fingerprint density at radius 1 is 0.935 bits per heavy atom. The summed E-state index contributed by atoms with van der Waals surface area (Å²) in [7, 11) is 0. The summed E-state index contributed by atoms with van der Waals surface area (Å²) in [5.41, 5.74) is 4.63. The second-order valence-corrected chi connectivity index (χ2v) is 6.86. The second-order valence-electron chi connectivity index (χ2n) is 6.46. The van der Waals surface area contributed by atoms with Crippen LogP contribution in [0.15, 0.2) is 77.9 Å². The predicted molar refractivity (Wildman–Crippen MR) is 119 cm³/mol. The molecule has 2 amide bonds. The van der Waals surface area contributed by atoms with Gasteiger partial charge in [-0.05, 0) is 48.9 Å². The van der Waals surface area contributed by atoms with Gasteiger partial charge in [-0.3, -0.25) is 19.7 Å². The molecule has 0 unspecified atom stereocenters. The molecule has 3 aromatic rings. The van der Waals surface area contributed by atoms with Crippen LogP contribution in [0, 0.1) is 10.1 Å². The van der Waals surface area contributed by atoms with Crippen molar-refractivity contribution in [3.8, 4) is 0 Å². The zero-order valence-corrected chi connectivity index (χ0v) is 17.1. The number of non-ortho nitro benzene ring substituents is 1. The van der Waals surface area contributed by atoms with Crippen LogP contribution >= 0.6 is 11.6 Å². The molecule has 0 aliphatic carbocycles. The van der Waals surface area contributed by atoms with Gasteiger partial charge in [0.2, 0.25) is 0 Å². The number of nitro groups is 1. The molecule has 0 aromatic heterocycles. The van der Waals surface area contributed by atoms with E-state index in [1.807, 2.05) is 0 Å². The molecule has 0 heterocycles. The lowest BCUT2D eigenvalue weighted by Gasteiger charge is -2.09. The van der Waals surface area contributed by atoms with E-state index in [0.717, 1.165) is 0 Å². The Morgan fingerprint density at radius 3 is 2.32 bits per heavy atom. The molecule has 0 bridgehead atoms. The van der Waals surface area contributed by atoms with Crippen molar-refractivity contribution in [2.24, 2.45) is 5.10 Å². The number of anilines is 1. The van der Waals surface area contributed by atoms with E-state index in [-0.39, 0.29) is 17.2 Å². The molecule has 9 heteroatoms. The molecule has 2 N–H and O–H groups in total. The number of rotatable bonds is 6. The standard InChI is InChI=1S/C22H17ClN4O4/c1-14(25-26-21(28)15-9-11-18(12-10-15)27(30)31)16-5-4-6-17(13-16)24-22(29)19-7-2-3-8-20(19)23/h2-13H,1H3,(H,24,29)(H,26,28)/b25-14-. The summed E-state index contributed by atoms with van der Waals surface area (Å²) >= 11 is 6.06. The largest absolute Gasteiger partial charge is 0.322 e. The molecule has 31 heavy (non-hydrogen) atoms. The van der Waals surface area contributed by atoms with Crippen molar-refractivity contribution in [3.63, 3.8) is 0 Å².